The predicted octanol–water partition coefficient (Wildman–Crippen LogP) is 3.13. The Kier molecular flexibility index (Phi) is 6.76. The number of rotatable bonds is 8. The molecule has 2 aromatic carbocycles. The molecule has 7 heteroatoms. The number of carbonyl (C=O) groups is 1. The van der Waals surface area contributed by atoms with E-state index >= 15 is 0 Å². The summed E-state index contributed by atoms with van der Waals surface area (Å²) in [4.78, 5) is 12.3. The summed E-state index contributed by atoms with van der Waals surface area (Å²) in [6, 6.07) is 13.7. The molecule has 0 aliphatic heterocycles. The Bertz CT molecular complexity index is 846. The molecule has 2 aromatic rings. The molecule has 6 nitrogen and oxygen atoms in total. The van der Waals surface area contributed by atoms with Gasteiger partial charge in [-0.1, -0.05) is 32.0 Å². The highest BCUT2D eigenvalue weighted by Crippen LogP contribution is 2.23. The second kappa shape index (κ2) is 8.82. The summed E-state index contributed by atoms with van der Waals surface area (Å²) in [7, 11) is -2.15. The molecule has 0 spiro atoms. The number of methoxy groups -OCH3 is 1. The molecule has 0 fully saturated rings. The number of amides is 1. The lowest BCUT2D eigenvalue weighted by atomic mass is 10.0. The highest BCUT2D eigenvalue weighted by Gasteiger charge is 2.15. The smallest absolute Gasteiger partial charge is 0.240 e. The molecule has 0 bridgehead atoms. The van der Waals surface area contributed by atoms with Crippen LogP contribution in [0.5, 0.6) is 5.75 Å². The minimum Gasteiger partial charge on any atom is -0.497 e. The van der Waals surface area contributed by atoms with Crippen molar-refractivity contribution in [1.29, 1.82) is 0 Å². The molecule has 0 saturated carbocycles. The van der Waals surface area contributed by atoms with Gasteiger partial charge in [0.25, 0.3) is 0 Å². The normalized spacial score (nSPS) is 11.4. The second-order valence-corrected chi connectivity index (χ2v) is 7.88. The molecule has 0 heterocycles. The van der Waals surface area contributed by atoms with E-state index in [2.05, 4.69) is 10.0 Å². The zero-order chi connectivity index (χ0) is 19.2. The van der Waals surface area contributed by atoms with E-state index in [1.54, 1.807) is 12.1 Å². The third-order valence-electron chi connectivity index (χ3n) is 3.87. The van der Waals surface area contributed by atoms with Gasteiger partial charge in [0.2, 0.25) is 15.9 Å². The maximum Gasteiger partial charge on any atom is 0.240 e. The minimum atomic E-state index is -3.66. The molecule has 0 unspecified atom stereocenters. The van der Waals surface area contributed by atoms with Gasteiger partial charge >= 0.3 is 0 Å². The Labute approximate surface area is 154 Å². The Hall–Kier alpha value is -2.38. The molecule has 0 aromatic heterocycles. The topological polar surface area (TPSA) is 84.5 Å². The molecule has 0 aliphatic rings. The fraction of sp³-hybridized carbons (Fsp3) is 0.316. The molecule has 0 radical (unpaired) electrons. The van der Waals surface area contributed by atoms with Gasteiger partial charge < -0.3 is 10.1 Å². The van der Waals surface area contributed by atoms with Crippen molar-refractivity contribution in [3.63, 3.8) is 0 Å². The SMILES string of the molecule is COc1ccc(S(=O)(=O)NCCC(=O)Nc2ccccc2C(C)C)cc1. The van der Waals surface area contributed by atoms with Crippen molar-refractivity contribution in [2.24, 2.45) is 0 Å². The molecule has 0 aliphatic carbocycles. The standard InChI is InChI=1S/C19H24N2O4S/c1-14(2)17-6-4-5-7-18(17)21-19(22)12-13-20-26(23,24)16-10-8-15(25-3)9-11-16/h4-11,14,20H,12-13H2,1-3H3,(H,21,22). The molecule has 0 saturated heterocycles. The maximum atomic E-state index is 12.2. The summed E-state index contributed by atoms with van der Waals surface area (Å²) in [5.74, 6) is 0.614. The van der Waals surface area contributed by atoms with E-state index in [4.69, 9.17) is 4.74 Å². The number of nitrogens with one attached hydrogen (secondary N) is 2. The van der Waals surface area contributed by atoms with Gasteiger partial charge in [0.1, 0.15) is 5.75 Å². The van der Waals surface area contributed by atoms with E-state index < -0.39 is 10.0 Å². The van der Waals surface area contributed by atoms with Crippen molar-refractivity contribution in [2.75, 3.05) is 19.0 Å². The molecular weight excluding hydrogens is 352 g/mol. The lowest BCUT2D eigenvalue weighted by molar-refractivity contribution is -0.116. The summed E-state index contributed by atoms with van der Waals surface area (Å²) in [6.45, 7) is 4.12. The lowest BCUT2D eigenvalue weighted by Crippen LogP contribution is -2.28. The first kappa shape index (κ1) is 19.9. The first-order valence-corrected chi connectivity index (χ1v) is 9.84. The third kappa shape index (κ3) is 5.31. The first-order chi connectivity index (χ1) is 12.3. The van der Waals surface area contributed by atoms with E-state index in [1.807, 2.05) is 38.1 Å². The number of benzene rings is 2. The lowest BCUT2D eigenvalue weighted by Gasteiger charge is -2.13. The van der Waals surface area contributed by atoms with E-state index in [9.17, 15) is 13.2 Å². The average molecular weight is 376 g/mol. The molecule has 26 heavy (non-hydrogen) atoms. The van der Waals surface area contributed by atoms with E-state index in [-0.39, 0.29) is 29.7 Å². The van der Waals surface area contributed by atoms with Crippen LogP contribution in [-0.2, 0) is 14.8 Å². The summed E-state index contributed by atoms with van der Waals surface area (Å²) in [5.41, 5.74) is 1.80. The molecule has 140 valence electrons. The minimum absolute atomic E-state index is 0.0179. The number of anilines is 1. The molecular formula is C19H24N2O4S. The summed E-state index contributed by atoms with van der Waals surface area (Å²) in [5, 5.41) is 2.84. The largest absolute Gasteiger partial charge is 0.497 e. The van der Waals surface area contributed by atoms with Gasteiger partial charge in [-0.3, -0.25) is 4.79 Å². The number of hydrogen-bond donors (Lipinski definition) is 2. The Morgan fingerprint density at radius 2 is 1.73 bits per heavy atom. The highest BCUT2D eigenvalue weighted by atomic mass is 32.2. The van der Waals surface area contributed by atoms with Crippen LogP contribution in [0.3, 0.4) is 0 Å². The number of sulfonamides is 1. The Morgan fingerprint density at radius 3 is 2.35 bits per heavy atom. The summed E-state index contributed by atoms with van der Waals surface area (Å²) < 4.78 is 31.9. The van der Waals surface area contributed by atoms with Crippen LogP contribution in [0.1, 0.15) is 31.7 Å². The molecule has 2 rings (SSSR count). The zero-order valence-corrected chi connectivity index (χ0v) is 16.0. The second-order valence-electron chi connectivity index (χ2n) is 6.11. The van der Waals surface area contributed by atoms with Crippen LogP contribution in [0, 0.1) is 0 Å². The Balaban J connectivity index is 1.91. The maximum absolute atomic E-state index is 12.2. The van der Waals surface area contributed by atoms with Crippen molar-refractivity contribution in [2.45, 2.75) is 31.1 Å². The fourth-order valence-corrected chi connectivity index (χ4v) is 3.50. The van der Waals surface area contributed by atoms with Gasteiger partial charge in [-0.25, -0.2) is 13.1 Å². The van der Waals surface area contributed by atoms with Crippen molar-refractivity contribution >= 4 is 21.6 Å². The predicted molar refractivity (Wildman–Crippen MR) is 102 cm³/mol. The molecule has 1 amide bonds. The molecule has 0 atom stereocenters. The highest BCUT2D eigenvalue weighted by molar-refractivity contribution is 7.89. The van der Waals surface area contributed by atoms with Crippen LogP contribution in [-0.4, -0.2) is 28.0 Å². The van der Waals surface area contributed by atoms with Crippen LogP contribution in [0.25, 0.3) is 0 Å². The van der Waals surface area contributed by atoms with Crippen LogP contribution in [0.15, 0.2) is 53.4 Å². The van der Waals surface area contributed by atoms with Gasteiger partial charge in [-0.2, -0.15) is 0 Å². The van der Waals surface area contributed by atoms with Crippen LogP contribution in [0.4, 0.5) is 5.69 Å². The number of carbonyl (C=O) groups excluding carboxylic acids is 1. The molecule has 2 N–H and O–H groups in total. The van der Waals surface area contributed by atoms with Gasteiger partial charge in [0, 0.05) is 18.7 Å². The Morgan fingerprint density at radius 1 is 1.08 bits per heavy atom. The van der Waals surface area contributed by atoms with Crippen LogP contribution in [0.2, 0.25) is 0 Å². The van der Waals surface area contributed by atoms with E-state index in [0.29, 0.717) is 5.75 Å². The van der Waals surface area contributed by atoms with Crippen molar-refractivity contribution < 1.29 is 17.9 Å². The van der Waals surface area contributed by atoms with E-state index in [0.717, 1.165) is 11.3 Å². The summed E-state index contributed by atoms with van der Waals surface area (Å²) >= 11 is 0. The van der Waals surface area contributed by atoms with Crippen molar-refractivity contribution in [3.05, 3.63) is 54.1 Å². The van der Waals surface area contributed by atoms with Crippen molar-refractivity contribution in [1.82, 2.24) is 4.72 Å². The number of para-hydroxylation sites is 1. The van der Waals surface area contributed by atoms with Crippen LogP contribution < -0.4 is 14.8 Å². The van der Waals surface area contributed by atoms with Gasteiger partial charge in [-0.05, 0) is 41.8 Å². The fourth-order valence-electron chi connectivity index (χ4n) is 2.46. The van der Waals surface area contributed by atoms with Gasteiger partial charge in [0.15, 0.2) is 0 Å². The van der Waals surface area contributed by atoms with Crippen LogP contribution >= 0.6 is 0 Å². The number of ether oxygens (including phenoxy) is 1. The van der Waals surface area contributed by atoms with Crippen molar-refractivity contribution in [3.8, 4) is 5.75 Å². The zero-order valence-electron chi connectivity index (χ0n) is 15.2. The third-order valence-corrected chi connectivity index (χ3v) is 5.35. The number of hydrogen-bond acceptors (Lipinski definition) is 4. The first-order valence-electron chi connectivity index (χ1n) is 8.36. The van der Waals surface area contributed by atoms with E-state index in [1.165, 1.54) is 19.2 Å². The quantitative estimate of drug-likeness (QED) is 0.741. The summed E-state index contributed by atoms with van der Waals surface area (Å²) in [6.07, 6.45) is 0.0435. The monoisotopic (exact) mass is 376 g/mol. The van der Waals surface area contributed by atoms with Gasteiger partial charge in [0.05, 0.1) is 12.0 Å². The van der Waals surface area contributed by atoms with Gasteiger partial charge in [-0.15, -0.1) is 0 Å². The average Bonchev–Trinajstić information content (AvgIpc) is 2.62.